The van der Waals surface area contributed by atoms with E-state index in [4.69, 9.17) is 9.47 Å². The molecule has 3 aromatic rings. The molecule has 0 aliphatic carbocycles. The van der Waals surface area contributed by atoms with Gasteiger partial charge in [0.05, 0.1) is 11.3 Å². The molecule has 0 spiro atoms. The number of amides is 1. The molecule has 3 heterocycles. The predicted molar refractivity (Wildman–Crippen MR) is 101 cm³/mol. The van der Waals surface area contributed by atoms with Crippen LogP contribution >= 0.6 is 11.3 Å². The van der Waals surface area contributed by atoms with Crippen LogP contribution < -0.4 is 19.7 Å². The van der Waals surface area contributed by atoms with E-state index in [0.717, 1.165) is 16.9 Å². The first kappa shape index (κ1) is 15.3. The lowest BCUT2D eigenvalue weighted by atomic mass is 10.0. The Labute approximate surface area is 154 Å². The van der Waals surface area contributed by atoms with E-state index in [0.29, 0.717) is 30.3 Å². The summed E-state index contributed by atoms with van der Waals surface area (Å²) >= 11 is 1.61. The minimum atomic E-state index is -0.272. The summed E-state index contributed by atoms with van der Waals surface area (Å²) in [6.07, 6.45) is -0.272. The lowest BCUT2D eigenvalue weighted by Gasteiger charge is -2.38. The van der Waals surface area contributed by atoms with Crippen LogP contribution in [0.1, 0.15) is 22.1 Å². The summed E-state index contributed by atoms with van der Waals surface area (Å²) in [6, 6.07) is 15.3. The Balaban J connectivity index is 1.63. The summed E-state index contributed by atoms with van der Waals surface area (Å²) in [5.41, 5.74) is 3.33. The molecule has 0 radical (unpaired) electrons. The molecule has 5 nitrogen and oxygen atoms in total. The Bertz CT molecular complexity index is 971. The van der Waals surface area contributed by atoms with Gasteiger partial charge in [-0.05, 0) is 41.1 Å². The number of benzene rings is 2. The largest absolute Gasteiger partial charge is 0.486 e. The number of ether oxygens (including phenoxy) is 2. The molecule has 0 bridgehead atoms. The molecular formula is C20H16N2O3S. The van der Waals surface area contributed by atoms with Crippen molar-refractivity contribution in [1.82, 2.24) is 0 Å². The highest BCUT2D eigenvalue weighted by Gasteiger charge is 2.34. The third-order valence-electron chi connectivity index (χ3n) is 4.59. The molecule has 0 saturated carbocycles. The molecule has 1 unspecified atom stereocenters. The predicted octanol–water partition coefficient (Wildman–Crippen LogP) is 4.29. The van der Waals surface area contributed by atoms with E-state index in [1.54, 1.807) is 16.2 Å². The van der Waals surface area contributed by atoms with Crippen LogP contribution in [-0.2, 0) is 0 Å². The van der Waals surface area contributed by atoms with Crippen molar-refractivity contribution in [1.29, 1.82) is 0 Å². The van der Waals surface area contributed by atoms with Crippen LogP contribution in [0.3, 0.4) is 0 Å². The highest BCUT2D eigenvalue weighted by molar-refractivity contribution is 7.08. The first-order chi connectivity index (χ1) is 12.8. The minimum Gasteiger partial charge on any atom is -0.486 e. The van der Waals surface area contributed by atoms with Crippen molar-refractivity contribution in [2.45, 2.75) is 6.17 Å². The van der Waals surface area contributed by atoms with Crippen molar-refractivity contribution in [2.24, 2.45) is 0 Å². The van der Waals surface area contributed by atoms with Crippen molar-refractivity contribution in [3.63, 3.8) is 0 Å². The summed E-state index contributed by atoms with van der Waals surface area (Å²) in [5, 5.41) is 7.58. The first-order valence-corrected chi connectivity index (χ1v) is 9.36. The van der Waals surface area contributed by atoms with Crippen LogP contribution in [0.5, 0.6) is 11.5 Å². The normalized spacial score (nSPS) is 18.2. The number of fused-ring (bicyclic) bond motifs is 2. The maximum Gasteiger partial charge on any atom is 0.262 e. The second kappa shape index (κ2) is 6.07. The smallest absolute Gasteiger partial charge is 0.262 e. The van der Waals surface area contributed by atoms with Gasteiger partial charge in [0.2, 0.25) is 0 Å². The average Bonchev–Trinajstić information content (AvgIpc) is 3.22. The molecule has 1 aromatic heterocycles. The van der Waals surface area contributed by atoms with Gasteiger partial charge in [-0.3, -0.25) is 9.69 Å². The van der Waals surface area contributed by atoms with E-state index in [1.165, 1.54) is 0 Å². The number of hydrogen-bond acceptors (Lipinski definition) is 5. The number of rotatable bonds is 2. The molecule has 6 heteroatoms. The fourth-order valence-corrected chi connectivity index (χ4v) is 4.04. The maximum absolute atomic E-state index is 13.3. The van der Waals surface area contributed by atoms with E-state index >= 15 is 0 Å². The van der Waals surface area contributed by atoms with Crippen LogP contribution in [0.15, 0.2) is 59.3 Å². The van der Waals surface area contributed by atoms with Gasteiger partial charge in [0.1, 0.15) is 19.4 Å². The molecular weight excluding hydrogens is 348 g/mol. The van der Waals surface area contributed by atoms with Gasteiger partial charge in [0, 0.05) is 17.3 Å². The second-order valence-corrected chi connectivity index (χ2v) is 6.93. The van der Waals surface area contributed by atoms with Gasteiger partial charge in [-0.1, -0.05) is 12.1 Å². The van der Waals surface area contributed by atoms with E-state index in [9.17, 15) is 4.79 Å². The first-order valence-electron chi connectivity index (χ1n) is 8.42. The molecule has 26 heavy (non-hydrogen) atoms. The fourth-order valence-electron chi connectivity index (χ4n) is 3.37. The number of carbonyl (C=O) groups excluding carboxylic acids is 1. The van der Waals surface area contributed by atoms with E-state index in [1.807, 2.05) is 53.9 Å². The topological polar surface area (TPSA) is 50.8 Å². The number of anilines is 2. The Morgan fingerprint density at radius 1 is 1.04 bits per heavy atom. The molecule has 1 amide bonds. The number of nitrogens with one attached hydrogen (secondary N) is 1. The molecule has 2 aromatic carbocycles. The summed E-state index contributed by atoms with van der Waals surface area (Å²) in [4.78, 5) is 15.1. The number of para-hydroxylation sites is 1. The maximum atomic E-state index is 13.3. The van der Waals surface area contributed by atoms with Crippen LogP contribution in [0, 0.1) is 0 Å². The highest BCUT2D eigenvalue weighted by Crippen LogP contribution is 2.40. The van der Waals surface area contributed by atoms with Crippen LogP contribution in [-0.4, -0.2) is 19.1 Å². The number of hydrogen-bond donors (Lipinski definition) is 1. The zero-order chi connectivity index (χ0) is 17.5. The Hall–Kier alpha value is -2.99. The van der Waals surface area contributed by atoms with Crippen molar-refractivity contribution >= 4 is 28.6 Å². The molecule has 5 rings (SSSR count). The van der Waals surface area contributed by atoms with Gasteiger partial charge in [-0.2, -0.15) is 11.3 Å². The molecule has 130 valence electrons. The fraction of sp³-hybridized carbons (Fsp3) is 0.150. The number of thiophene rings is 1. The van der Waals surface area contributed by atoms with E-state index in [-0.39, 0.29) is 12.1 Å². The standard InChI is InChI=1S/C20H16N2O3S/c23-20-15-3-1-2-4-16(15)21-19(13-7-10-26-12-13)22(20)14-5-6-17-18(11-14)25-9-8-24-17/h1-7,10-12,19,21H,8-9H2. The minimum absolute atomic E-state index is 0.0350. The summed E-state index contributed by atoms with van der Waals surface area (Å²) in [5.74, 6) is 1.35. The average molecular weight is 364 g/mol. The number of carbonyl (C=O) groups is 1. The summed E-state index contributed by atoms with van der Waals surface area (Å²) in [7, 11) is 0. The lowest BCUT2D eigenvalue weighted by Crippen LogP contribution is -2.43. The van der Waals surface area contributed by atoms with Crippen LogP contribution in [0.2, 0.25) is 0 Å². The highest BCUT2D eigenvalue weighted by atomic mass is 32.1. The zero-order valence-electron chi connectivity index (χ0n) is 13.8. The van der Waals surface area contributed by atoms with Gasteiger partial charge in [0.25, 0.3) is 5.91 Å². The van der Waals surface area contributed by atoms with E-state index < -0.39 is 0 Å². The van der Waals surface area contributed by atoms with Crippen LogP contribution in [0.25, 0.3) is 0 Å². The molecule has 2 aliphatic heterocycles. The lowest BCUT2D eigenvalue weighted by molar-refractivity contribution is 0.0974. The van der Waals surface area contributed by atoms with Gasteiger partial charge in [-0.15, -0.1) is 0 Å². The zero-order valence-corrected chi connectivity index (χ0v) is 14.7. The van der Waals surface area contributed by atoms with Gasteiger partial charge >= 0.3 is 0 Å². The second-order valence-electron chi connectivity index (χ2n) is 6.15. The van der Waals surface area contributed by atoms with Gasteiger partial charge in [-0.25, -0.2) is 0 Å². The third kappa shape index (κ3) is 2.42. The number of nitrogens with zero attached hydrogens (tertiary/aromatic N) is 1. The molecule has 1 atom stereocenters. The SMILES string of the molecule is O=C1c2ccccc2NC(c2ccsc2)N1c1ccc2c(c1)OCCO2. The Morgan fingerprint density at radius 3 is 2.73 bits per heavy atom. The molecule has 1 N–H and O–H groups in total. The monoisotopic (exact) mass is 364 g/mol. The molecule has 0 fully saturated rings. The Morgan fingerprint density at radius 2 is 1.88 bits per heavy atom. The van der Waals surface area contributed by atoms with Crippen molar-refractivity contribution in [3.8, 4) is 11.5 Å². The summed E-state index contributed by atoms with van der Waals surface area (Å²) in [6.45, 7) is 1.06. The van der Waals surface area contributed by atoms with Gasteiger partial charge < -0.3 is 14.8 Å². The quantitative estimate of drug-likeness (QED) is 0.737. The van der Waals surface area contributed by atoms with Crippen molar-refractivity contribution in [3.05, 3.63) is 70.4 Å². The third-order valence-corrected chi connectivity index (χ3v) is 5.29. The van der Waals surface area contributed by atoms with Gasteiger partial charge in [0.15, 0.2) is 11.5 Å². The van der Waals surface area contributed by atoms with Crippen molar-refractivity contribution in [2.75, 3.05) is 23.4 Å². The van der Waals surface area contributed by atoms with Crippen LogP contribution in [0.4, 0.5) is 11.4 Å². The molecule has 2 aliphatic rings. The van der Waals surface area contributed by atoms with E-state index in [2.05, 4.69) is 10.7 Å². The summed E-state index contributed by atoms with van der Waals surface area (Å²) < 4.78 is 11.3. The molecule has 0 saturated heterocycles. The Kier molecular flexibility index (Phi) is 3.57. The van der Waals surface area contributed by atoms with Crippen molar-refractivity contribution < 1.29 is 14.3 Å².